The number of aromatic nitrogens is 1. The first kappa shape index (κ1) is 21.7. The normalized spacial score (nSPS) is 11.6. The molecule has 0 fully saturated rings. The molecule has 1 aromatic heterocycles. The van der Waals surface area contributed by atoms with Crippen molar-refractivity contribution in [3.8, 4) is 33.5 Å². The van der Waals surface area contributed by atoms with E-state index in [0.717, 1.165) is 44.4 Å². The lowest BCUT2D eigenvalue weighted by Crippen LogP contribution is -2.11. The molecular weight excluding hydrogens is 420 g/mol. The van der Waals surface area contributed by atoms with Gasteiger partial charge in [0, 0.05) is 22.5 Å². The Kier molecular flexibility index (Phi) is 5.29. The average Bonchev–Trinajstić information content (AvgIpc) is 3.23. The predicted molar refractivity (Wildman–Crippen MR) is 140 cm³/mol. The fourth-order valence-electron chi connectivity index (χ4n) is 4.48. The summed E-state index contributed by atoms with van der Waals surface area (Å²) >= 11 is 0. The second kappa shape index (κ2) is 8.31. The lowest BCUT2D eigenvalue weighted by molar-refractivity contribution is -0.384. The number of hydrogen-bond donors (Lipinski definition) is 1. The molecule has 0 atom stereocenters. The van der Waals surface area contributed by atoms with Gasteiger partial charge in [0.05, 0.1) is 16.2 Å². The van der Waals surface area contributed by atoms with E-state index in [-0.39, 0.29) is 16.0 Å². The molecule has 4 aromatic carbocycles. The number of nitrogens with zero attached hydrogens (tertiary/aromatic N) is 1. The van der Waals surface area contributed by atoms with Gasteiger partial charge in [-0.15, -0.1) is 0 Å². The minimum absolute atomic E-state index is 0.113. The van der Waals surface area contributed by atoms with Crippen molar-refractivity contribution in [3.05, 3.63) is 113 Å². The van der Waals surface area contributed by atoms with Gasteiger partial charge in [0.25, 0.3) is 5.69 Å². The topological polar surface area (TPSA) is 58.9 Å². The maximum Gasteiger partial charge on any atom is 0.277 e. The van der Waals surface area contributed by atoms with Crippen LogP contribution in [0.3, 0.4) is 0 Å². The van der Waals surface area contributed by atoms with Crippen molar-refractivity contribution in [3.63, 3.8) is 0 Å². The van der Waals surface area contributed by atoms with Crippen LogP contribution in [0.25, 0.3) is 44.4 Å². The van der Waals surface area contributed by atoms with E-state index in [0.29, 0.717) is 5.56 Å². The van der Waals surface area contributed by atoms with Crippen LogP contribution in [0.1, 0.15) is 26.3 Å². The molecule has 0 unspecified atom stereocenters. The quantitative estimate of drug-likeness (QED) is 0.223. The van der Waals surface area contributed by atoms with Gasteiger partial charge in [0.15, 0.2) is 0 Å². The van der Waals surface area contributed by atoms with Gasteiger partial charge in [-0.3, -0.25) is 10.1 Å². The molecule has 5 aromatic rings. The van der Waals surface area contributed by atoms with E-state index < -0.39 is 0 Å². The maximum atomic E-state index is 11.9. The van der Waals surface area contributed by atoms with Crippen LogP contribution in [-0.4, -0.2) is 9.91 Å². The van der Waals surface area contributed by atoms with Crippen LogP contribution < -0.4 is 0 Å². The number of rotatable bonds is 4. The molecule has 168 valence electrons. The highest BCUT2D eigenvalue weighted by molar-refractivity contribution is 6.05. The minimum atomic E-state index is -0.295. The summed E-state index contributed by atoms with van der Waals surface area (Å²) in [6.45, 7) is 6.35. The van der Waals surface area contributed by atoms with Gasteiger partial charge in [0.1, 0.15) is 0 Å². The number of hydrogen-bond acceptors (Lipinski definition) is 2. The van der Waals surface area contributed by atoms with Gasteiger partial charge < -0.3 is 4.98 Å². The summed E-state index contributed by atoms with van der Waals surface area (Å²) in [5, 5.41) is 12.9. The molecule has 34 heavy (non-hydrogen) atoms. The van der Waals surface area contributed by atoms with Gasteiger partial charge in [-0.2, -0.15) is 0 Å². The number of fused-ring (bicyclic) bond motifs is 1. The van der Waals surface area contributed by atoms with Crippen molar-refractivity contribution in [2.75, 3.05) is 0 Å². The number of benzene rings is 4. The number of H-pyrrole nitrogens is 1. The zero-order chi connectivity index (χ0) is 23.9. The molecule has 1 N–H and O–H groups in total. The summed E-state index contributed by atoms with van der Waals surface area (Å²) in [6, 6.07) is 32.1. The summed E-state index contributed by atoms with van der Waals surface area (Å²) in [5.74, 6) is 0. The first-order valence-corrected chi connectivity index (χ1v) is 11.4. The molecule has 0 aliphatic carbocycles. The van der Waals surface area contributed by atoms with E-state index in [1.54, 1.807) is 6.07 Å². The Morgan fingerprint density at radius 2 is 1.38 bits per heavy atom. The zero-order valence-electron chi connectivity index (χ0n) is 19.5. The van der Waals surface area contributed by atoms with Crippen LogP contribution in [0.15, 0.2) is 97.1 Å². The Hall–Kier alpha value is -4.18. The second-order valence-electron chi connectivity index (χ2n) is 9.61. The third-order valence-corrected chi connectivity index (χ3v) is 6.29. The summed E-state index contributed by atoms with van der Waals surface area (Å²) in [4.78, 5) is 15.2. The molecule has 0 amide bonds. The Morgan fingerprint density at radius 1 is 0.735 bits per heavy atom. The lowest BCUT2D eigenvalue weighted by atomic mass is 9.85. The molecule has 0 aliphatic heterocycles. The molecule has 0 saturated heterocycles. The molecule has 0 spiro atoms. The third kappa shape index (κ3) is 3.88. The van der Waals surface area contributed by atoms with Crippen molar-refractivity contribution in [2.24, 2.45) is 0 Å². The van der Waals surface area contributed by atoms with Crippen LogP contribution in [0, 0.1) is 10.1 Å². The number of nitro groups is 1. The standard InChI is InChI=1S/C30H26N2O2/c1-30(2,3)23-15-17-27(32(33)34)24(19-23)22-14-16-26-25(18-22)28(20-10-6-4-7-11-20)29(31-26)21-12-8-5-9-13-21/h4-19,31H,1-3H3. The monoisotopic (exact) mass is 446 g/mol. The van der Waals surface area contributed by atoms with Crippen LogP contribution in [0.5, 0.6) is 0 Å². The first-order chi connectivity index (χ1) is 16.3. The van der Waals surface area contributed by atoms with E-state index in [2.05, 4.69) is 56.1 Å². The summed E-state index contributed by atoms with van der Waals surface area (Å²) in [6.07, 6.45) is 0. The summed E-state index contributed by atoms with van der Waals surface area (Å²) < 4.78 is 0. The van der Waals surface area contributed by atoms with E-state index in [4.69, 9.17) is 0 Å². The molecule has 0 bridgehead atoms. The van der Waals surface area contributed by atoms with Crippen LogP contribution in [-0.2, 0) is 5.41 Å². The average molecular weight is 447 g/mol. The van der Waals surface area contributed by atoms with Crippen LogP contribution >= 0.6 is 0 Å². The summed E-state index contributed by atoms with van der Waals surface area (Å²) in [7, 11) is 0. The summed E-state index contributed by atoms with van der Waals surface area (Å²) in [5.41, 5.74) is 7.87. The molecule has 4 heteroatoms. The van der Waals surface area contributed by atoms with Gasteiger partial charge in [0.2, 0.25) is 0 Å². The Bertz CT molecular complexity index is 1490. The van der Waals surface area contributed by atoms with Gasteiger partial charge in [-0.05, 0) is 45.9 Å². The Balaban J connectivity index is 1.79. The molecule has 0 radical (unpaired) electrons. The van der Waals surface area contributed by atoms with Crippen molar-refractivity contribution >= 4 is 16.6 Å². The van der Waals surface area contributed by atoms with E-state index >= 15 is 0 Å². The van der Waals surface area contributed by atoms with Crippen molar-refractivity contribution in [1.82, 2.24) is 4.98 Å². The molecule has 5 rings (SSSR count). The van der Waals surface area contributed by atoms with Crippen LogP contribution in [0.4, 0.5) is 5.69 Å². The number of nitrogens with one attached hydrogen (secondary N) is 1. The number of nitro benzene ring substituents is 1. The molecule has 4 nitrogen and oxygen atoms in total. The Morgan fingerprint density at radius 3 is 2.00 bits per heavy atom. The smallest absolute Gasteiger partial charge is 0.277 e. The van der Waals surface area contributed by atoms with Crippen LogP contribution in [0.2, 0.25) is 0 Å². The maximum absolute atomic E-state index is 11.9. The SMILES string of the molecule is CC(C)(C)c1ccc([N+](=O)[O-])c(-c2ccc3[nH]c(-c4ccccc4)c(-c4ccccc4)c3c2)c1. The van der Waals surface area contributed by atoms with Crippen molar-refractivity contribution in [2.45, 2.75) is 26.2 Å². The van der Waals surface area contributed by atoms with E-state index in [1.165, 1.54) is 0 Å². The Labute approximate surface area is 199 Å². The molecular formula is C30H26N2O2. The highest BCUT2D eigenvalue weighted by Gasteiger charge is 2.22. The second-order valence-corrected chi connectivity index (χ2v) is 9.61. The van der Waals surface area contributed by atoms with Gasteiger partial charge in [-0.1, -0.05) is 93.6 Å². The minimum Gasteiger partial charge on any atom is -0.354 e. The largest absolute Gasteiger partial charge is 0.354 e. The van der Waals surface area contributed by atoms with E-state index in [9.17, 15) is 10.1 Å². The molecule has 0 saturated carbocycles. The van der Waals surface area contributed by atoms with Gasteiger partial charge >= 0.3 is 0 Å². The highest BCUT2D eigenvalue weighted by Crippen LogP contribution is 2.41. The molecule has 1 heterocycles. The zero-order valence-corrected chi connectivity index (χ0v) is 19.5. The third-order valence-electron chi connectivity index (χ3n) is 6.29. The fourth-order valence-corrected chi connectivity index (χ4v) is 4.48. The first-order valence-electron chi connectivity index (χ1n) is 11.4. The van der Waals surface area contributed by atoms with Crippen molar-refractivity contribution < 1.29 is 4.92 Å². The molecule has 0 aliphatic rings. The van der Waals surface area contributed by atoms with Gasteiger partial charge in [-0.25, -0.2) is 0 Å². The predicted octanol–water partition coefficient (Wildman–Crippen LogP) is 8.37. The fraction of sp³-hybridized carbons (Fsp3) is 0.133. The lowest BCUT2D eigenvalue weighted by Gasteiger charge is -2.20. The van der Waals surface area contributed by atoms with E-state index in [1.807, 2.05) is 60.7 Å². The highest BCUT2D eigenvalue weighted by atomic mass is 16.6. The van der Waals surface area contributed by atoms with Crippen molar-refractivity contribution in [1.29, 1.82) is 0 Å². The number of aromatic amines is 1.